The Morgan fingerprint density at radius 1 is 0.929 bits per heavy atom. The molecule has 2 N–H and O–H groups in total. The number of halogens is 3. The fraction of sp³-hybridized carbons (Fsp3) is 0.136. The number of hydrogen-bond acceptors (Lipinski definition) is 2. The Morgan fingerprint density at radius 2 is 1.68 bits per heavy atom. The highest BCUT2D eigenvalue weighted by Crippen LogP contribution is 2.27. The maximum absolute atomic E-state index is 14.3. The van der Waals surface area contributed by atoms with Gasteiger partial charge >= 0.3 is 0 Å². The second-order valence-electron chi connectivity index (χ2n) is 6.64. The van der Waals surface area contributed by atoms with Crippen molar-refractivity contribution in [3.05, 3.63) is 94.8 Å². The topological polar surface area (TPSA) is 46.3 Å². The van der Waals surface area contributed by atoms with Crippen LogP contribution in [0.5, 0.6) is 0 Å². The number of benzene rings is 3. The fourth-order valence-electron chi connectivity index (χ4n) is 3.07. The van der Waals surface area contributed by atoms with Crippen LogP contribution in [0.2, 0.25) is 0 Å². The van der Waals surface area contributed by atoms with Crippen molar-refractivity contribution < 1.29 is 18.0 Å². The average molecular weight is 384 g/mol. The monoisotopic (exact) mass is 384 g/mol. The molecule has 28 heavy (non-hydrogen) atoms. The molecule has 0 atom stereocenters. The minimum absolute atomic E-state index is 0.0815. The summed E-state index contributed by atoms with van der Waals surface area (Å²) in [7, 11) is 1.80. The number of carbonyl (C=O) groups excluding carboxylic acids is 1. The second-order valence-corrected chi connectivity index (χ2v) is 6.64. The van der Waals surface area contributed by atoms with Gasteiger partial charge in [0.05, 0.1) is 0 Å². The third-order valence-electron chi connectivity index (χ3n) is 4.41. The van der Waals surface area contributed by atoms with E-state index in [2.05, 4.69) is 0 Å². The van der Waals surface area contributed by atoms with Crippen molar-refractivity contribution in [1.82, 2.24) is 4.90 Å². The number of amides is 1. The molecule has 3 aromatic carbocycles. The van der Waals surface area contributed by atoms with E-state index in [9.17, 15) is 18.0 Å². The van der Waals surface area contributed by atoms with Gasteiger partial charge in [0.15, 0.2) is 11.6 Å². The number of primary amides is 1. The molecule has 6 heteroatoms. The summed E-state index contributed by atoms with van der Waals surface area (Å²) >= 11 is 0. The van der Waals surface area contributed by atoms with E-state index < -0.39 is 23.4 Å². The largest absolute Gasteiger partial charge is 0.366 e. The number of hydrogen-bond donors (Lipinski definition) is 1. The number of carbonyl (C=O) groups is 1. The second kappa shape index (κ2) is 8.27. The molecule has 0 saturated heterocycles. The van der Waals surface area contributed by atoms with Gasteiger partial charge in [-0.1, -0.05) is 30.3 Å². The molecule has 0 radical (unpaired) electrons. The number of nitrogens with two attached hydrogens (primary N) is 1. The standard InChI is InChI=1S/C22H19F3N2O/c1-27(12-14-4-2-5-16(10-14)22(26)28)13-17-11-15(8-9-19(17)23)18-6-3-7-20(24)21(18)25/h2-11H,12-13H2,1H3,(H2,26,28). The molecule has 1 amide bonds. The zero-order chi connectivity index (χ0) is 20.3. The highest BCUT2D eigenvalue weighted by atomic mass is 19.2. The zero-order valence-electron chi connectivity index (χ0n) is 15.3. The molecule has 0 aromatic heterocycles. The first kappa shape index (κ1) is 19.6. The predicted molar refractivity (Wildman–Crippen MR) is 102 cm³/mol. The van der Waals surface area contributed by atoms with Crippen molar-refractivity contribution >= 4 is 5.91 Å². The summed E-state index contributed by atoms with van der Waals surface area (Å²) in [5, 5.41) is 0. The van der Waals surface area contributed by atoms with E-state index in [-0.39, 0.29) is 12.1 Å². The van der Waals surface area contributed by atoms with E-state index in [4.69, 9.17) is 5.73 Å². The Kier molecular flexibility index (Phi) is 5.80. The lowest BCUT2D eigenvalue weighted by molar-refractivity contribution is 0.1000. The minimum Gasteiger partial charge on any atom is -0.366 e. The molecule has 3 rings (SSSR count). The van der Waals surface area contributed by atoms with Crippen LogP contribution in [0.3, 0.4) is 0 Å². The lowest BCUT2D eigenvalue weighted by Crippen LogP contribution is -2.19. The van der Waals surface area contributed by atoms with E-state index in [0.717, 1.165) is 11.6 Å². The van der Waals surface area contributed by atoms with Crippen molar-refractivity contribution in [3.8, 4) is 11.1 Å². The molecule has 3 aromatic rings. The first-order valence-electron chi connectivity index (χ1n) is 8.65. The molecule has 0 bridgehead atoms. The molecular formula is C22H19F3N2O. The quantitative estimate of drug-likeness (QED) is 0.680. The van der Waals surface area contributed by atoms with Gasteiger partial charge in [-0.25, -0.2) is 13.2 Å². The summed E-state index contributed by atoms with van der Waals surface area (Å²) in [6, 6.07) is 15.0. The lowest BCUT2D eigenvalue weighted by atomic mass is 10.0. The zero-order valence-corrected chi connectivity index (χ0v) is 15.3. The molecule has 144 valence electrons. The third kappa shape index (κ3) is 4.40. The van der Waals surface area contributed by atoms with Crippen LogP contribution in [-0.2, 0) is 13.1 Å². The maximum Gasteiger partial charge on any atom is 0.248 e. The van der Waals surface area contributed by atoms with Gasteiger partial charge in [0.25, 0.3) is 0 Å². The molecule has 0 aliphatic heterocycles. The molecule has 0 saturated carbocycles. The molecule has 0 unspecified atom stereocenters. The summed E-state index contributed by atoms with van der Waals surface area (Å²) in [5.41, 5.74) is 7.39. The van der Waals surface area contributed by atoms with E-state index in [1.165, 1.54) is 30.3 Å². The van der Waals surface area contributed by atoms with E-state index in [1.54, 1.807) is 25.2 Å². The highest BCUT2D eigenvalue weighted by Gasteiger charge is 2.13. The smallest absolute Gasteiger partial charge is 0.248 e. The summed E-state index contributed by atoms with van der Waals surface area (Å²) < 4.78 is 41.8. The van der Waals surface area contributed by atoms with Crippen LogP contribution >= 0.6 is 0 Å². The van der Waals surface area contributed by atoms with Crippen LogP contribution in [0.15, 0.2) is 60.7 Å². The van der Waals surface area contributed by atoms with Crippen LogP contribution in [0, 0.1) is 17.5 Å². The first-order chi connectivity index (χ1) is 13.3. The van der Waals surface area contributed by atoms with Crippen LogP contribution in [0.1, 0.15) is 21.5 Å². The van der Waals surface area contributed by atoms with Gasteiger partial charge in [-0.2, -0.15) is 0 Å². The molecule has 0 heterocycles. The van der Waals surface area contributed by atoms with E-state index >= 15 is 0 Å². The van der Waals surface area contributed by atoms with Crippen molar-refractivity contribution in [2.75, 3.05) is 7.05 Å². The Hall–Kier alpha value is -3.12. The van der Waals surface area contributed by atoms with Gasteiger partial charge in [0, 0.05) is 29.8 Å². The van der Waals surface area contributed by atoms with Crippen LogP contribution in [0.4, 0.5) is 13.2 Å². The van der Waals surface area contributed by atoms with Gasteiger partial charge in [-0.15, -0.1) is 0 Å². The van der Waals surface area contributed by atoms with Gasteiger partial charge in [0.1, 0.15) is 5.82 Å². The normalized spacial score (nSPS) is 11.0. The van der Waals surface area contributed by atoms with Crippen molar-refractivity contribution in [3.63, 3.8) is 0 Å². The third-order valence-corrected chi connectivity index (χ3v) is 4.41. The molecule has 3 nitrogen and oxygen atoms in total. The van der Waals surface area contributed by atoms with Crippen LogP contribution in [-0.4, -0.2) is 17.9 Å². The fourth-order valence-corrected chi connectivity index (χ4v) is 3.07. The lowest BCUT2D eigenvalue weighted by Gasteiger charge is -2.18. The first-order valence-corrected chi connectivity index (χ1v) is 8.65. The Morgan fingerprint density at radius 3 is 2.43 bits per heavy atom. The van der Waals surface area contributed by atoms with E-state index in [0.29, 0.717) is 23.2 Å². The molecule has 0 aliphatic rings. The Labute approximate surface area is 161 Å². The minimum atomic E-state index is -0.961. The number of nitrogens with zero attached hydrogens (tertiary/aromatic N) is 1. The van der Waals surface area contributed by atoms with Crippen molar-refractivity contribution in [1.29, 1.82) is 0 Å². The van der Waals surface area contributed by atoms with Crippen molar-refractivity contribution in [2.45, 2.75) is 13.1 Å². The summed E-state index contributed by atoms with van der Waals surface area (Å²) in [4.78, 5) is 13.2. The Bertz CT molecular complexity index is 1020. The molecule has 0 spiro atoms. The average Bonchev–Trinajstić information content (AvgIpc) is 2.66. The van der Waals surface area contributed by atoms with Gasteiger partial charge in [-0.3, -0.25) is 9.69 Å². The SMILES string of the molecule is CN(Cc1cccc(C(N)=O)c1)Cc1cc(-c2cccc(F)c2F)ccc1F. The molecule has 0 aliphatic carbocycles. The van der Waals surface area contributed by atoms with Crippen LogP contribution in [0.25, 0.3) is 11.1 Å². The van der Waals surface area contributed by atoms with Crippen molar-refractivity contribution in [2.24, 2.45) is 5.73 Å². The van der Waals surface area contributed by atoms with Gasteiger partial charge in [0.2, 0.25) is 5.91 Å². The summed E-state index contributed by atoms with van der Waals surface area (Å²) in [6.45, 7) is 0.705. The van der Waals surface area contributed by atoms with Crippen LogP contribution < -0.4 is 5.73 Å². The molecule has 0 fully saturated rings. The number of rotatable bonds is 6. The predicted octanol–water partition coefficient (Wildman–Crippen LogP) is 4.50. The molecular weight excluding hydrogens is 365 g/mol. The van der Waals surface area contributed by atoms with E-state index in [1.807, 2.05) is 11.0 Å². The van der Waals surface area contributed by atoms with Gasteiger partial charge in [-0.05, 0) is 48.5 Å². The summed E-state index contributed by atoms with van der Waals surface area (Å²) in [6.07, 6.45) is 0. The van der Waals surface area contributed by atoms with Gasteiger partial charge < -0.3 is 5.73 Å². The summed E-state index contributed by atoms with van der Waals surface area (Å²) in [5.74, 6) is -2.86. The Balaban J connectivity index is 1.81. The maximum atomic E-state index is 14.3. The highest BCUT2D eigenvalue weighted by molar-refractivity contribution is 5.92.